The number of aliphatic hydroxyl groups is 1. The average Bonchev–Trinajstić information content (AvgIpc) is 2.93. The lowest BCUT2D eigenvalue weighted by Crippen LogP contribution is -2.52. The average molecular weight is 338 g/mol. The monoisotopic (exact) mass is 338 g/mol. The van der Waals surface area contributed by atoms with Crippen LogP contribution in [-0.4, -0.2) is 51.6 Å². The molecule has 2 aliphatic rings. The Labute approximate surface area is 138 Å². The number of nitrogens with zero attached hydrogens (tertiary/aromatic N) is 1. The molecule has 2 N–H and O–H groups in total. The lowest BCUT2D eigenvalue weighted by atomic mass is 9.85. The molecule has 7 heteroatoms. The summed E-state index contributed by atoms with van der Waals surface area (Å²) in [6.45, 7) is 0.892. The molecule has 0 aliphatic carbocycles. The number of likely N-dealkylation sites (tertiary alicyclic amines) is 1. The maximum Gasteiger partial charge on any atom is 0.279 e. The van der Waals surface area contributed by atoms with Crippen LogP contribution in [0.25, 0.3) is 0 Å². The van der Waals surface area contributed by atoms with E-state index in [-0.39, 0.29) is 17.0 Å². The predicted molar refractivity (Wildman–Crippen MR) is 85.6 cm³/mol. The molecule has 2 amide bonds. The molecule has 0 radical (unpaired) electrons. The number of benzene rings is 1. The van der Waals surface area contributed by atoms with E-state index in [1.54, 1.807) is 17.0 Å². The molecule has 1 aromatic carbocycles. The molecule has 5 nitrogen and oxygen atoms in total. The van der Waals surface area contributed by atoms with E-state index in [1.807, 2.05) is 0 Å². The van der Waals surface area contributed by atoms with Crippen LogP contribution in [0.1, 0.15) is 18.4 Å². The third kappa shape index (κ3) is 3.84. The van der Waals surface area contributed by atoms with Crippen molar-refractivity contribution < 1.29 is 19.1 Å². The Hall–Kier alpha value is -1.60. The number of thioether (sulfide) groups is 1. The van der Waals surface area contributed by atoms with Gasteiger partial charge in [-0.3, -0.25) is 9.59 Å². The summed E-state index contributed by atoms with van der Waals surface area (Å²) in [4.78, 5) is 25.2. The van der Waals surface area contributed by atoms with Crippen LogP contribution in [0.5, 0.6) is 0 Å². The minimum absolute atomic E-state index is 0.0869. The number of carbonyl (C=O) groups excluding carboxylic acids is 2. The van der Waals surface area contributed by atoms with Crippen molar-refractivity contribution in [2.75, 3.05) is 18.8 Å². The van der Waals surface area contributed by atoms with Crippen LogP contribution < -0.4 is 5.32 Å². The highest BCUT2D eigenvalue weighted by atomic mass is 32.2. The maximum absolute atomic E-state index is 13.2. The molecule has 3 rings (SSSR count). The molecule has 124 valence electrons. The van der Waals surface area contributed by atoms with E-state index in [1.165, 1.54) is 12.1 Å². The van der Waals surface area contributed by atoms with Gasteiger partial charge in [-0.1, -0.05) is 23.9 Å². The zero-order valence-corrected chi connectivity index (χ0v) is 13.4. The summed E-state index contributed by atoms with van der Waals surface area (Å²) < 4.78 is 13.2. The van der Waals surface area contributed by atoms with Gasteiger partial charge in [-0.25, -0.2) is 4.39 Å². The standard InChI is InChI=1S/C16H19FN2O3S/c17-12-3-1-2-11(8-12)9-16(22)4-6-19(7-5-16)14(20)13-10-23-15(21)18-13/h1-3,8,13,22H,4-7,9-10H2,(H,18,21). The molecular formula is C16H19FN2O3S. The van der Waals surface area contributed by atoms with E-state index >= 15 is 0 Å². The smallest absolute Gasteiger partial charge is 0.279 e. The number of hydrogen-bond acceptors (Lipinski definition) is 4. The second-order valence-corrected chi connectivity index (χ2v) is 7.14. The van der Waals surface area contributed by atoms with Crippen molar-refractivity contribution in [2.45, 2.75) is 30.9 Å². The van der Waals surface area contributed by atoms with E-state index in [2.05, 4.69) is 5.32 Å². The van der Waals surface area contributed by atoms with Gasteiger partial charge >= 0.3 is 0 Å². The molecule has 2 fully saturated rings. The van der Waals surface area contributed by atoms with Crippen molar-refractivity contribution in [2.24, 2.45) is 0 Å². The van der Waals surface area contributed by atoms with E-state index in [0.717, 1.165) is 17.3 Å². The first-order valence-corrected chi connectivity index (χ1v) is 8.63. The summed E-state index contributed by atoms with van der Waals surface area (Å²) in [5.41, 5.74) is -0.162. The van der Waals surface area contributed by atoms with Crippen molar-refractivity contribution >= 4 is 22.9 Å². The van der Waals surface area contributed by atoms with Crippen LogP contribution in [0.4, 0.5) is 9.18 Å². The summed E-state index contributed by atoms with van der Waals surface area (Å²) in [5.74, 6) is 0.0613. The molecule has 0 bridgehead atoms. The third-order valence-corrected chi connectivity index (χ3v) is 5.28. The quantitative estimate of drug-likeness (QED) is 0.877. The fourth-order valence-corrected chi connectivity index (χ4v) is 3.85. The minimum atomic E-state index is -0.918. The Morgan fingerprint density at radius 1 is 1.43 bits per heavy atom. The molecule has 0 saturated carbocycles. The normalized spacial score (nSPS) is 23.7. The third-order valence-electron chi connectivity index (χ3n) is 4.40. The van der Waals surface area contributed by atoms with Crippen LogP contribution in [0.15, 0.2) is 24.3 Å². The van der Waals surface area contributed by atoms with Gasteiger partial charge in [0.15, 0.2) is 0 Å². The summed E-state index contributed by atoms with van der Waals surface area (Å²) in [5, 5.41) is 13.2. The summed E-state index contributed by atoms with van der Waals surface area (Å²) >= 11 is 1.12. The highest BCUT2D eigenvalue weighted by molar-refractivity contribution is 8.14. The lowest BCUT2D eigenvalue weighted by molar-refractivity contribution is -0.136. The molecule has 23 heavy (non-hydrogen) atoms. The number of halogens is 1. The van der Waals surface area contributed by atoms with Gasteiger partial charge in [0.2, 0.25) is 5.91 Å². The van der Waals surface area contributed by atoms with Gasteiger partial charge in [0, 0.05) is 25.3 Å². The van der Waals surface area contributed by atoms with Crippen molar-refractivity contribution in [1.82, 2.24) is 10.2 Å². The molecule has 2 heterocycles. The van der Waals surface area contributed by atoms with Crippen molar-refractivity contribution in [3.8, 4) is 0 Å². The van der Waals surface area contributed by atoms with Crippen LogP contribution in [0.2, 0.25) is 0 Å². The number of piperidine rings is 1. The molecule has 1 unspecified atom stereocenters. The zero-order valence-electron chi connectivity index (χ0n) is 12.6. The number of nitrogens with one attached hydrogen (secondary N) is 1. The SMILES string of the molecule is O=C1NC(C(=O)N2CCC(O)(Cc3cccc(F)c3)CC2)CS1. The number of amides is 2. The van der Waals surface area contributed by atoms with Gasteiger partial charge in [0.05, 0.1) is 5.60 Å². The van der Waals surface area contributed by atoms with E-state index in [0.29, 0.717) is 38.1 Å². The van der Waals surface area contributed by atoms with Crippen molar-refractivity contribution in [3.63, 3.8) is 0 Å². The minimum Gasteiger partial charge on any atom is -0.389 e. The molecule has 0 aromatic heterocycles. The Morgan fingerprint density at radius 3 is 2.78 bits per heavy atom. The molecule has 2 saturated heterocycles. The highest BCUT2D eigenvalue weighted by Gasteiger charge is 2.37. The summed E-state index contributed by atoms with van der Waals surface area (Å²) in [6, 6.07) is 5.78. The predicted octanol–water partition coefficient (Wildman–Crippen LogP) is 1.55. The Kier molecular flexibility index (Phi) is 4.59. The van der Waals surface area contributed by atoms with Gasteiger partial charge in [-0.05, 0) is 30.5 Å². The zero-order chi connectivity index (χ0) is 16.4. The Morgan fingerprint density at radius 2 is 2.17 bits per heavy atom. The van der Waals surface area contributed by atoms with Crippen LogP contribution in [0.3, 0.4) is 0 Å². The van der Waals surface area contributed by atoms with Crippen molar-refractivity contribution in [1.29, 1.82) is 0 Å². The Balaban J connectivity index is 1.57. The van der Waals surface area contributed by atoms with E-state index in [9.17, 15) is 19.1 Å². The summed E-state index contributed by atoms with van der Waals surface area (Å²) in [7, 11) is 0. The highest BCUT2D eigenvalue weighted by Crippen LogP contribution is 2.27. The fourth-order valence-electron chi connectivity index (χ4n) is 3.09. The largest absolute Gasteiger partial charge is 0.389 e. The fraction of sp³-hybridized carbons (Fsp3) is 0.500. The van der Waals surface area contributed by atoms with Gasteiger partial charge in [-0.2, -0.15) is 0 Å². The first-order chi connectivity index (χ1) is 11.0. The summed E-state index contributed by atoms with van der Waals surface area (Å²) in [6.07, 6.45) is 1.27. The first kappa shape index (κ1) is 16.3. The molecule has 0 spiro atoms. The van der Waals surface area contributed by atoms with Gasteiger partial charge in [0.1, 0.15) is 11.9 Å². The molecule has 1 atom stereocenters. The maximum atomic E-state index is 13.2. The number of rotatable bonds is 3. The van der Waals surface area contributed by atoms with E-state index < -0.39 is 11.6 Å². The first-order valence-electron chi connectivity index (χ1n) is 7.64. The van der Waals surface area contributed by atoms with Crippen molar-refractivity contribution in [3.05, 3.63) is 35.6 Å². The van der Waals surface area contributed by atoms with Gasteiger partial charge in [0.25, 0.3) is 5.24 Å². The molecule has 2 aliphatic heterocycles. The van der Waals surface area contributed by atoms with E-state index in [4.69, 9.17) is 0 Å². The van der Waals surface area contributed by atoms with Gasteiger partial charge in [-0.15, -0.1) is 0 Å². The number of carbonyl (C=O) groups is 2. The van der Waals surface area contributed by atoms with Crippen LogP contribution >= 0.6 is 11.8 Å². The van der Waals surface area contributed by atoms with Crippen LogP contribution in [-0.2, 0) is 11.2 Å². The molecular weight excluding hydrogens is 319 g/mol. The Bertz CT molecular complexity index is 617. The topological polar surface area (TPSA) is 69.6 Å². The second kappa shape index (κ2) is 6.49. The second-order valence-electron chi connectivity index (χ2n) is 6.15. The van der Waals surface area contributed by atoms with Crippen LogP contribution in [0, 0.1) is 5.82 Å². The lowest BCUT2D eigenvalue weighted by Gasteiger charge is -2.39. The van der Waals surface area contributed by atoms with Gasteiger partial charge < -0.3 is 15.3 Å². The molecule has 1 aromatic rings. The number of hydrogen-bond donors (Lipinski definition) is 2.